The van der Waals surface area contributed by atoms with Gasteiger partial charge in [-0.05, 0) is 46.5 Å². The first-order chi connectivity index (χ1) is 8.90. The number of ether oxygens (including phenoxy) is 1. The minimum atomic E-state index is 0.0918. The van der Waals surface area contributed by atoms with Crippen molar-refractivity contribution in [3.63, 3.8) is 0 Å². The zero-order chi connectivity index (χ0) is 14.1. The molecule has 2 fully saturated rings. The quantitative estimate of drug-likeness (QED) is 0.848. The van der Waals surface area contributed by atoms with E-state index in [0.717, 1.165) is 13.1 Å². The molecule has 19 heavy (non-hydrogen) atoms. The molecule has 2 unspecified atom stereocenters. The lowest BCUT2D eigenvalue weighted by Crippen LogP contribution is -2.64. The zero-order valence-corrected chi connectivity index (χ0v) is 13.5. The summed E-state index contributed by atoms with van der Waals surface area (Å²) in [5, 5.41) is 3.77. The van der Waals surface area contributed by atoms with E-state index in [1.54, 1.807) is 0 Å². The smallest absolute Gasteiger partial charge is 0.0710 e. The Labute approximate surface area is 119 Å². The van der Waals surface area contributed by atoms with Crippen molar-refractivity contribution in [3.8, 4) is 0 Å². The maximum absolute atomic E-state index is 6.17. The Bertz CT molecular complexity index is 299. The van der Waals surface area contributed by atoms with Crippen LogP contribution in [0.2, 0.25) is 0 Å². The summed E-state index contributed by atoms with van der Waals surface area (Å²) in [6.45, 7) is 14.8. The van der Waals surface area contributed by atoms with Gasteiger partial charge in [-0.1, -0.05) is 13.8 Å². The molecule has 0 bridgehead atoms. The van der Waals surface area contributed by atoms with Crippen LogP contribution in [-0.2, 0) is 4.74 Å². The summed E-state index contributed by atoms with van der Waals surface area (Å²) < 4.78 is 6.17. The van der Waals surface area contributed by atoms with Gasteiger partial charge in [-0.2, -0.15) is 0 Å². The summed E-state index contributed by atoms with van der Waals surface area (Å²) in [6, 6.07) is 0.624. The van der Waals surface area contributed by atoms with Gasteiger partial charge in [-0.15, -0.1) is 0 Å². The Kier molecular flexibility index (Phi) is 4.59. The van der Waals surface area contributed by atoms with Crippen LogP contribution in [0.15, 0.2) is 0 Å². The van der Waals surface area contributed by atoms with E-state index in [2.05, 4.69) is 44.8 Å². The van der Waals surface area contributed by atoms with Crippen molar-refractivity contribution in [2.75, 3.05) is 19.6 Å². The maximum Gasteiger partial charge on any atom is 0.0710 e. The summed E-state index contributed by atoms with van der Waals surface area (Å²) in [5.74, 6) is 0. The highest BCUT2D eigenvalue weighted by Crippen LogP contribution is 2.31. The molecule has 3 nitrogen and oxygen atoms in total. The fraction of sp³-hybridized carbons (Fsp3) is 1.00. The van der Waals surface area contributed by atoms with Crippen LogP contribution in [0.1, 0.15) is 60.3 Å². The number of nitrogens with zero attached hydrogens (tertiary/aromatic N) is 1. The Balaban J connectivity index is 1.94. The monoisotopic (exact) mass is 268 g/mol. The second kappa shape index (κ2) is 5.71. The number of piperazine rings is 1. The molecule has 3 heteroatoms. The molecule has 0 radical (unpaired) electrons. The van der Waals surface area contributed by atoms with Gasteiger partial charge in [0.1, 0.15) is 0 Å². The van der Waals surface area contributed by atoms with Gasteiger partial charge in [-0.3, -0.25) is 4.90 Å². The van der Waals surface area contributed by atoms with E-state index in [1.165, 1.54) is 32.2 Å². The molecule has 0 aromatic rings. The van der Waals surface area contributed by atoms with Crippen LogP contribution < -0.4 is 5.32 Å². The highest BCUT2D eigenvalue weighted by Gasteiger charge is 2.38. The van der Waals surface area contributed by atoms with Gasteiger partial charge in [0.2, 0.25) is 0 Å². The molecular formula is C16H32N2O. The van der Waals surface area contributed by atoms with Gasteiger partial charge in [-0.25, -0.2) is 0 Å². The third-order valence-corrected chi connectivity index (χ3v) is 5.25. The molecule has 112 valence electrons. The molecule has 2 saturated heterocycles. The minimum Gasteiger partial charge on any atom is -0.371 e. The molecule has 0 spiro atoms. The Morgan fingerprint density at radius 3 is 2.47 bits per heavy atom. The molecule has 2 aliphatic rings. The third kappa shape index (κ3) is 3.50. The maximum atomic E-state index is 6.17. The van der Waals surface area contributed by atoms with Gasteiger partial charge in [0.15, 0.2) is 0 Å². The molecule has 0 aliphatic carbocycles. The standard InChI is InChI=1S/C16H32N2O/c1-6-16(7-2)12-18(13(3)10-17-16)11-14-8-9-15(4,5)19-14/h13-14,17H,6-12H2,1-5H3. The summed E-state index contributed by atoms with van der Waals surface area (Å²) in [4.78, 5) is 2.65. The Hall–Kier alpha value is -0.120. The average Bonchev–Trinajstić information content (AvgIpc) is 2.72. The number of hydrogen-bond acceptors (Lipinski definition) is 3. The molecule has 2 heterocycles. The average molecular weight is 268 g/mol. The molecular weight excluding hydrogens is 236 g/mol. The van der Waals surface area contributed by atoms with E-state index in [0.29, 0.717) is 17.7 Å². The second-order valence-electron chi connectivity index (χ2n) is 7.19. The summed E-state index contributed by atoms with van der Waals surface area (Å²) in [6.07, 6.45) is 5.27. The van der Waals surface area contributed by atoms with Crippen molar-refractivity contribution < 1.29 is 4.74 Å². The van der Waals surface area contributed by atoms with Gasteiger partial charge < -0.3 is 10.1 Å². The van der Waals surface area contributed by atoms with E-state index in [4.69, 9.17) is 4.74 Å². The zero-order valence-electron chi connectivity index (χ0n) is 13.5. The third-order valence-electron chi connectivity index (χ3n) is 5.25. The topological polar surface area (TPSA) is 24.5 Å². The molecule has 0 saturated carbocycles. The van der Waals surface area contributed by atoms with Crippen molar-refractivity contribution >= 4 is 0 Å². The molecule has 2 atom stereocenters. The predicted octanol–water partition coefficient (Wildman–Crippen LogP) is 2.80. The van der Waals surface area contributed by atoms with Crippen LogP contribution in [0, 0.1) is 0 Å². The van der Waals surface area contributed by atoms with Crippen molar-refractivity contribution in [3.05, 3.63) is 0 Å². The first-order valence-electron chi connectivity index (χ1n) is 8.06. The molecule has 2 rings (SSSR count). The van der Waals surface area contributed by atoms with E-state index in [1.807, 2.05) is 0 Å². The lowest BCUT2D eigenvalue weighted by Gasteiger charge is -2.47. The lowest BCUT2D eigenvalue weighted by molar-refractivity contribution is -0.0428. The van der Waals surface area contributed by atoms with Crippen LogP contribution >= 0.6 is 0 Å². The Morgan fingerprint density at radius 1 is 1.26 bits per heavy atom. The van der Waals surface area contributed by atoms with Gasteiger partial charge in [0.05, 0.1) is 11.7 Å². The summed E-state index contributed by atoms with van der Waals surface area (Å²) >= 11 is 0. The van der Waals surface area contributed by atoms with Gasteiger partial charge >= 0.3 is 0 Å². The van der Waals surface area contributed by atoms with Crippen LogP contribution in [0.4, 0.5) is 0 Å². The van der Waals surface area contributed by atoms with Crippen LogP contribution in [0.5, 0.6) is 0 Å². The van der Waals surface area contributed by atoms with E-state index in [9.17, 15) is 0 Å². The lowest BCUT2D eigenvalue weighted by atomic mass is 9.88. The summed E-state index contributed by atoms with van der Waals surface area (Å²) in [5.41, 5.74) is 0.412. The first kappa shape index (κ1) is 15.3. The molecule has 1 N–H and O–H groups in total. The highest BCUT2D eigenvalue weighted by atomic mass is 16.5. The van der Waals surface area contributed by atoms with Crippen molar-refractivity contribution in [2.24, 2.45) is 0 Å². The predicted molar refractivity (Wildman–Crippen MR) is 80.5 cm³/mol. The van der Waals surface area contributed by atoms with Crippen molar-refractivity contribution in [1.82, 2.24) is 10.2 Å². The van der Waals surface area contributed by atoms with Crippen LogP contribution in [0.25, 0.3) is 0 Å². The van der Waals surface area contributed by atoms with E-state index in [-0.39, 0.29) is 5.60 Å². The van der Waals surface area contributed by atoms with Gasteiger partial charge in [0, 0.05) is 31.2 Å². The minimum absolute atomic E-state index is 0.0918. The fourth-order valence-corrected chi connectivity index (χ4v) is 3.53. The van der Waals surface area contributed by atoms with Crippen LogP contribution in [-0.4, -0.2) is 47.8 Å². The SMILES string of the molecule is CCC1(CC)CN(CC2CCC(C)(C)O2)C(C)CN1. The molecule has 2 aliphatic heterocycles. The number of nitrogens with one attached hydrogen (secondary N) is 1. The van der Waals surface area contributed by atoms with E-state index >= 15 is 0 Å². The number of rotatable bonds is 4. The van der Waals surface area contributed by atoms with E-state index < -0.39 is 0 Å². The first-order valence-corrected chi connectivity index (χ1v) is 8.06. The fourth-order valence-electron chi connectivity index (χ4n) is 3.53. The second-order valence-corrected chi connectivity index (χ2v) is 7.19. The number of hydrogen-bond donors (Lipinski definition) is 1. The molecule has 0 aromatic heterocycles. The molecule has 0 amide bonds. The van der Waals surface area contributed by atoms with Crippen molar-refractivity contribution in [1.29, 1.82) is 0 Å². The van der Waals surface area contributed by atoms with Crippen molar-refractivity contribution in [2.45, 2.75) is 83.6 Å². The highest BCUT2D eigenvalue weighted by molar-refractivity contribution is 4.96. The summed E-state index contributed by atoms with van der Waals surface area (Å²) in [7, 11) is 0. The Morgan fingerprint density at radius 2 is 1.95 bits per heavy atom. The normalized spacial score (nSPS) is 34.6. The molecule has 0 aromatic carbocycles. The van der Waals surface area contributed by atoms with Gasteiger partial charge in [0.25, 0.3) is 0 Å². The van der Waals surface area contributed by atoms with Crippen LogP contribution in [0.3, 0.4) is 0 Å². The largest absolute Gasteiger partial charge is 0.371 e.